The quantitative estimate of drug-likeness (QED) is 0.188. The molecule has 3 heteroatoms. The lowest BCUT2D eigenvalue weighted by Crippen LogP contribution is -2.37. The Morgan fingerprint density at radius 2 is 1.41 bits per heavy atom. The van der Waals surface area contributed by atoms with Crippen molar-refractivity contribution in [3.05, 3.63) is 36.2 Å². The molecule has 1 atom stereocenters. The van der Waals surface area contributed by atoms with Crippen molar-refractivity contribution in [2.45, 2.75) is 110 Å². The van der Waals surface area contributed by atoms with Gasteiger partial charge < -0.3 is 4.74 Å². The van der Waals surface area contributed by atoms with Gasteiger partial charge in [-0.2, -0.15) is 0 Å². The van der Waals surface area contributed by atoms with E-state index in [-0.39, 0.29) is 5.78 Å². The van der Waals surface area contributed by atoms with Crippen molar-refractivity contribution >= 4 is 11.9 Å². The summed E-state index contributed by atoms with van der Waals surface area (Å²) in [5.74, 6) is 0.0548. The van der Waals surface area contributed by atoms with Gasteiger partial charge in [0, 0.05) is 19.0 Å². The number of carbonyl (C=O) groups excluding carboxylic acids is 1. The molecule has 1 unspecified atom stereocenters. The lowest BCUT2D eigenvalue weighted by Gasteiger charge is -2.26. The van der Waals surface area contributed by atoms with E-state index < -0.39 is 5.60 Å². The summed E-state index contributed by atoms with van der Waals surface area (Å²) in [6, 6.07) is 3.79. The van der Waals surface area contributed by atoms with E-state index in [4.69, 9.17) is 4.74 Å². The third kappa shape index (κ3) is 12.0. The zero-order valence-electron chi connectivity index (χ0n) is 19.1. The van der Waals surface area contributed by atoms with Crippen molar-refractivity contribution in [1.29, 1.82) is 0 Å². The Labute approximate surface area is 179 Å². The summed E-state index contributed by atoms with van der Waals surface area (Å²) in [7, 11) is 0. The Kier molecular flexibility index (Phi) is 14.4. The molecule has 0 fully saturated rings. The zero-order valence-corrected chi connectivity index (χ0v) is 19.1. The highest BCUT2D eigenvalue weighted by Gasteiger charge is 2.31. The minimum atomic E-state index is -0.712. The van der Waals surface area contributed by atoms with Gasteiger partial charge in [-0.1, -0.05) is 90.0 Å². The summed E-state index contributed by atoms with van der Waals surface area (Å²) in [6.45, 7) is 6.73. The maximum absolute atomic E-state index is 12.7. The number of aromatic nitrogens is 1. The standard InChI is InChI=1S/C26H43NO2/c1-4-6-7-8-9-10-11-12-13-14-15-16-21-26(3,29-5-2)25(28)18-17-24-19-22-27-23-20-24/h17-20,22-23H,4-16,21H2,1-3H3. The molecule has 0 spiro atoms. The first-order chi connectivity index (χ1) is 14.1. The molecule has 0 amide bonds. The molecule has 1 aromatic heterocycles. The number of hydrogen-bond donors (Lipinski definition) is 0. The highest BCUT2D eigenvalue weighted by atomic mass is 16.5. The van der Waals surface area contributed by atoms with E-state index in [2.05, 4.69) is 11.9 Å². The summed E-state index contributed by atoms with van der Waals surface area (Å²) in [5, 5.41) is 0. The van der Waals surface area contributed by atoms with Gasteiger partial charge in [-0.15, -0.1) is 0 Å². The smallest absolute Gasteiger partial charge is 0.187 e. The van der Waals surface area contributed by atoms with Crippen LogP contribution in [0.2, 0.25) is 0 Å². The normalized spacial score (nSPS) is 13.6. The first-order valence-corrected chi connectivity index (χ1v) is 11.9. The van der Waals surface area contributed by atoms with Gasteiger partial charge in [-0.05, 0) is 44.0 Å². The van der Waals surface area contributed by atoms with Crippen LogP contribution >= 0.6 is 0 Å². The fourth-order valence-electron chi connectivity index (χ4n) is 3.71. The second-order valence-electron chi connectivity index (χ2n) is 8.28. The Morgan fingerprint density at radius 1 is 0.897 bits per heavy atom. The van der Waals surface area contributed by atoms with Crippen LogP contribution in [0.1, 0.15) is 110 Å². The summed E-state index contributed by atoms with van der Waals surface area (Å²) in [6.07, 6.45) is 23.6. The third-order valence-electron chi connectivity index (χ3n) is 5.62. The lowest BCUT2D eigenvalue weighted by molar-refractivity contribution is -0.137. The van der Waals surface area contributed by atoms with E-state index in [0.717, 1.165) is 18.4 Å². The second-order valence-corrected chi connectivity index (χ2v) is 8.28. The van der Waals surface area contributed by atoms with Crippen LogP contribution < -0.4 is 0 Å². The number of ketones is 1. The van der Waals surface area contributed by atoms with Gasteiger partial charge in [0.15, 0.2) is 5.78 Å². The van der Waals surface area contributed by atoms with Crippen LogP contribution in [0.5, 0.6) is 0 Å². The van der Waals surface area contributed by atoms with Crippen molar-refractivity contribution in [3.63, 3.8) is 0 Å². The zero-order chi connectivity index (χ0) is 21.2. The molecule has 29 heavy (non-hydrogen) atoms. The van der Waals surface area contributed by atoms with E-state index in [1.165, 1.54) is 70.6 Å². The maximum atomic E-state index is 12.7. The van der Waals surface area contributed by atoms with Crippen LogP contribution in [0.3, 0.4) is 0 Å². The lowest BCUT2D eigenvalue weighted by atomic mass is 9.92. The fourth-order valence-corrected chi connectivity index (χ4v) is 3.71. The summed E-state index contributed by atoms with van der Waals surface area (Å²) >= 11 is 0. The van der Waals surface area contributed by atoms with Gasteiger partial charge in [0.05, 0.1) is 0 Å². The van der Waals surface area contributed by atoms with Gasteiger partial charge in [0.2, 0.25) is 0 Å². The van der Waals surface area contributed by atoms with Crippen molar-refractivity contribution in [2.24, 2.45) is 0 Å². The van der Waals surface area contributed by atoms with E-state index in [0.29, 0.717) is 6.61 Å². The molecule has 0 saturated heterocycles. The molecule has 0 radical (unpaired) electrons. The molecular weight excluding hydrogens is 358 g/mol. The first-order valence-electron chi connectivity index (χ1n) is 11.9. The number of pyridine rings is 1. The summed E-state index contributed by atoms with van der Waals surface area (Å²) in [5.41, 5.74) is 0.272. The number of hydrogen-bond acceptors (Lipinski definition) is 3. The van der Waals surface area contributed by atoms with Crippen molar-refractivity contribution in [3.8, 4) is 0 Å². The number of rotatable bonds is 18. The van der Waals surface area contributed by atoms with Gasteiger partial charge in [-0.25, -0.2) is 0 Å². The monoisotopic (exact) mass is 401 g/mol. The first kappa shape index (κ1) is 25.6. The highest BCUT2D eigenvalue weighted by Crippen LogP contribution is 2.23. The van der Waals surface area contributed by atoms with Gasteiger partial charge in [0.25, 0.3) is 0 Å². The fraction of sp³-hybridized carbons (Fsp3) is 0.692. The van der Waals surface area contributed by atoms with Crippen LogP contribution in [0.25, 0.3) is 6.08 Å². The van der Waals surface area contributed by atoms with Gasteiger partial charge in [-0.3, -0.25) is 9.78 Å². The van der Waals surface area contributed by atoms with Crippen LogP contribution in [0.4, 0.5) is 0 Å². The topological polar surface area (TPSA) is 39.2 Å². The number of unbranched alkanes of at least 4 members (excludes halogenated alkanes) is 11. The van der Waals surface area contributed by atoms with Crippen LogP contribution in [0, 0.1) is 0 Å². The van der Waals surface area contributed by atoms with E-state index in [1.807, 2.05) is 32.1 Å². The van der Waals surface area contributed by atoms with Gasteiger partial charge in [0.1, 0.15) is 5.60 Å². The Bertz CT molecular complexity index is 555. The molecule has 0 aliphatic carbocycles. The predicted molar refractivity (Wildman–Crippen MR) is 124 cm³/mol. The summed E-state index contributed by atoms with van der Waals surface area (Å²) < 4.78 is 5.87. The Balaban J connectivity index is 2.21. The van der Waals surface area contributed by atoms with E-state index in [1.54, 1.807) is 18.5 Å². The number of nitrogens with zero attached hydrogens (tertiary/aromatic N) is 1. The largest absolute Gasteiger partial charge is 0.367 e. The molecule has 0 aliphatic heterocycles. The second kappa shape index (κ2) is 16.3. The minimum Gasteiger partial charge on any atom is -0.367 e. The average molecular weight is 402 g/mol. The molecule has 3 nitrogen and oxygen atoms in total. The Morgan fingerprint density at radius 3 is 1.93 bits per heavy atom. The molecule has 1 rings (SSSR count). The molecule has 1 heterocycles. The number of carbonyl (C=O) groups is 1. The maximum Gasteiger partial charge on any atom is 0.187 e. The molecule has 164 valence electrons. The average Bonchev–Trinajstić information content (AvgIpc) is 2.73. The molecule has 0 saturated carbocycles. The Hall–Kier alpha value is -1.48. The summed E-state index contributed by atoms with van der Waals surface area (Å²) in [4.78, 5) is 16.7. The molecule has 0 N–H and O–H groups in total. The van der Waals surface area contributed by atoms with E-state index in [9.17, 15) is 4.79 Å². The van der Waals surface area contributed by atoms with Crippen molar-refractivity contribution < 1.29 is 9.53 Å². The minimum absolute atomic E-state index is 0.0548. The van der Waals surface area contributed by atoms with Gasteiger partial charge >= 0.3 is 0 Å². The van der Waals surface area contributed by atoms with Crippen molar-refractivity contribution in [2.75, 3.05) is 6.61 Å². The molecule has 0 bridgehead atoms. The predicted octanol–water partition coefficient (Wildman–Crippen LogP) is 7.55. The van der Waals surface area contributed by atoms with Crippen LogP contribution in [-0.2, 0) is 9.53 Å². The van der Waals surface area contributed by atoms with Crippen LogP contribution in [0.15, 0.2) is 30.6 Å². The molecule has 0 aromatic carbocycles. The third-order valence-corrected chi connectivity index (χ3v) is 5.62. The van der Waals surface area contributed by atoms with E-state index >= 15 is 0 Å². The molecular formula is C26H43NO2. The van der Waals surface area contributed by atoms with Crippen LogP contribution in [-0.4, -0.2) is 23.0 Å². The highest BCUT2D eigenvalue weighted by molar-refractivity contribution is 5.99. The number of ether oxygens (including phenoxy) is 1. The molecule has 0 aliphatic rings. The molecule has 1 aromatic rings. The SMILES string of the molecule is CCCCCCCCCCCCCCC(C)(OCC)C(=O)C=Cc1ccncc1. The van der Waals surface area contributed by atoms with Crippen molar-refractivity contribution in [1.82, 2.24) is 4.98 Å².